The molecule has 2 aromatic rings. The number of amides is 3. The second-order valence-corrected chi connectivity index (χ2v) is 7.07. The number of hydrogen-bond donors (Lipinski definition) is 2. The van der Waals surface area contributed by atoms with Gasteiger partial charge in [0, 0.05) is 30.0 Å². The summed E-state index contributed by atoms with van der Waals surface area (Å²) in [6.07, 6.45) is 4.14. The van der Waals surface area contributed by atoms with Crippen LogP contribution in [0.4, 0.5) is 10.5 Å². The van der Waals surface area contributed by atoms with Crippen LogP contribution in [0.2, 0.25) is 0 Å². The summed E-state index contributed by atoms with van der Waals surface area (Å²) in [5.74, 6) is 0.555. The molecule has 0 radical (unpaired) electrons. The summed E-state index contributed by atoms with van der Waals surface area (Å²) >= 11 is 0. The van der Waals surface area contributed by atoms with Gasteiger partial charge in [-0.2, -0.15) is 0 Å². The van der Waals surface area contributed by atoms with Gasteiger partial charge in [-0.25, -0.2) is 4.79 Å². The third kappa shape index (κ3) is 3.54. The maximum Gasteiger partial charge on any atom is 0.322 e. The van der Waals surface area contributed by atoms with Crippen molar-refractivity contribution in [3.8, 4) is 0 Å². The summed E-state index contributed by atoms with van der Waals surface area (Å²) in [5, 5.41) is 5.91. The standard InChI is InChI=1S/C20H22N4O2/c1-13(14-4-5-14)22-19(25)15-6-8-17(9-7-15)23-20(26)24-11-16-3-2-10-21-18(16)12-24/h2-3,6-10,13-14H,4-5,11-12H2,1H3,(H,22,25)(H,23,26)/t13-/m0/s1. The van der Waals surface area contributed by atoms with Crippen molar-refractivity contribution in [3.05, 3.63) is 59.4 Å². The third-order valence-corrected chi connectivity index (χ3v) is 5.06. The molecule has 2 N–H and O–H groups in total. The third-order valence-electron chi connectivity index (χ3n) is 5.06. The minimum atomic E-state index is -0.164. The lowest BCUT2D eigenvalue weighted by molar-refractivity contribution is 0.0936. The highest BCUT2D eigenvalue weighted by Gasteiger charge is 2.29. The van der Waals surface area contributed by atoms with Crippen molar-refractivity contribution in [1.29, 1.82) is 0 Å². The maximum atomic E-state index is 12.4. The highest BCUT2D eigenvalue weighted by atomic mass is 16.2. The quantitative estimate of drug-likeness (QED) is 0.889. The van der Waals surface area contributed by atoms with Crippen molar-refractivity contribution >= 4 is 17.6 Å². The van der Waals surface area contributed by atoms with E-state index in [0.29, 0.717) is 30.3 Å². The van der Waals surface area contributed by atoms with Crippen LogP contribution in [0.15, 0.2) is 42.6 Å². The van der Waals surface area contributed by atoms with E-state index in [9.17, 15) is 9.59 Å². The average Bonchev–Trinajstić information content (AvgIpc) is 3.41. The number of carbonyl (C=O) groups excluding carboxylic acids is 2. The Morgan fingerprint density at radius 1 is 1.15 bits per heavy atom. The molecule has 2 heterocycles. The van der Waals surface area contributed by atoms with Crippen molar-refractivity contribution in [1.82, 2.24) is 15.2 Å². The van der Waals surface area contributed by atoms with Gasteiger partial charge in [0.15, 0.2) is 0 Å². The summed E-state index contributed by atoms with van der Waals surface area (Å²) in [6.45, 7) is 3.13. The first kappa shape index (κ1) is 16.6. The zero-order valence-corrected chi connectivity index (χ0v) is 14.7. The van der Waals surface area contributed by atoms with E-state index in [4.69, 9.17) is 0 Å². The summed E-state index contributed by atoms with van der Waals surface area (Å²) in [6, 6.07) is 10.9. The Morgan fingerprint density at radius 3 is 2.62 bits per heavy atom. The van der Waals surface area contributed by atoms with E-state index in [2.05, 4.69) is 15.6 Å². The van der Waals surface area contributed by atoms with Gasteiger partial charge in [-0.1, -0.05) is 6.07 Å². The number of aromatic nitrogens is 1. The minimum absolute atomic E-state index is 0.0663. The Balaban J connectivity index is 1.34. The van der Waals surface area contributed by atoms with Gasteiger partial charge >= 0.3 is 6.03 Å². The number of rotatable bonds is 4. The first-order valence-electron chi connectivity index (χ1n) is 9.00. The average molecular weight is 350 g/mol. The normalized spacial score (nSPS) is 16.7. The van der Waals surface area contributed by atoms with E-state index in [1.165, 1.54) is 12.8 Å². The van der Waals surface area contributed by atoms with Crippen LogP contribution >= 0.6 is 0 Å². The number of nitrogens with zero attached hydrogens (tertiary/aromatic N) is 2. The number of nitrogens with one attached hydrogen (secondary N) is 2. The summed E-state index contributed by atoms with van der Waals surface area (Å²) in [7, 11) is 0. The molecule has 0 saturated heterocycles. The van der Waals surface area contributed by atoms with Gasteiger partial charge in [-0.15, -0.1) is 0 Å². The van der Waals surface area contributed by atoms with Crippen molar-refractivity contribution in [2.75, 3.05) is 5.32 Å². The van der Waals surface area contributed by atoms with Gasteiger partial charge in [0.05, 0.1) is 12.2 Å². The SMILES string of the molecule is C[C@H](NC(=O)c1ccc(NC(=O)N2Cc3cccnc3C2)cc1)C1CC1. The predicted octanol–water partition coefficient (Wildman–Crippen LogP) is 3.16. The lowest BCUT2D eigenvalue weighted by Gasteiger charge is -2.16. The minimum Gasteiger partial charge on any atom is -0.349 e. The van der Waals surface area contributed by atoms with E-state index in [1.54, 1.807) is 35.4 Å². The van der Waals surface area contributed by atoms with Gasteiger partial charge in [-0.3, -0.25) is 9.78 Å². The van der Waals surface area contributed by atoms with Crippen LogP contribution in [-0.2, 0) is 13.1 Å². The molecule has 1 saturated carbocycles. The number of hydrogen-bond acceptors (Lipinski definition) is 3. The number of urea groups is 1. The molecule has 0 bridgehead atoms. The second-order valence-electron chi connectivity index (χ2n) is 7.07. The molecular weight excluding hydrogens is 328 g/mol. The molecule has 26 heavy (non-hydrogen) atoms. The second kappa shape index (κ2) is 6.78. The van der Waals surface area contributed by atoms with Gasteiger partial charge in [0.1, 0.15) is 0 Å². The molecule has 6 heteroatoms. The topological polar surface area (TPSA) is 74.3 Å². The highest BCUT2D eigenvalue weighted by molar-refractivity contribution is 5.95. The number of anilines is 1. The Morgan fingerprint density at radius 2 is 1.92 bits per heavy atom. The van der Waals surface area contributed by atoms with Crippen LogP contribution in [0.25, 0.3) is 0 Å². The molecule has 1 aliphatic heterocycles. The Labute approximate surface area is 152 Å². The fraction of sp³-hybridized carbons (Fsp3) is 0.350. The Hall–Kier alpha value is -2.89. The van der Waals surface area contributed by atoms with Crippen LogP contribution in [0, 0.1) is 5.92 Å². The van der Waals surface area contributed by atoms with Crippen LogP contribution < -0.4 is 10.6 Å². The zero-order valence-electron chi connectivity index (χ0n) is 14.7. The molecule has 6 nitrogen and oxygen atoms in total. The lowest BCUT2D eigenvalue weighted by Crippen LogP contribution is -2.34. The largest absolute Gasteiger partial charge is 0.349 e. The van der Waals surface area contributed by atoms with Crippen LogP contribution in [-0.4, -0.2) is 27.9 Å². The van der Waals surface area contributed by atoms with E-state index >= 15 is 0 Å². The first-order valence-corrected chi connectivity index (χ1v) is 9.00. The molecular formula is C20H22N4O2. The summed E-state index contributed by atoms with van der Waals surface area (Å²) < 4.78 is 0. The van der Waals surface area contributed by atoms with Crippen molar-refractivity contribution in [3.63, 3.8) is 0 Å². The summed E-state index contributed by atoms with van der Waals surface area (Å²) in [5.41, 5.74) is 3.30. The van der Waals surface area contributed by atoms with Crippen molar-refractivity contribution in [2.45, 2.75) is 38.9 Å². The van der Waals surface area contributed by atoms with Gasteiger partial charge in [-0.05, 0) is 61.6 Å². The molecule has 2 aliphatic rings. The molecule has 3 amide bonds. The lowest BCUT2D eigenvalue weighted by atomic mass is 10.1. The van der Waals surface area contributed by atoms with E-state index in [0.717, 1.165) is 11.3 Å². The number of fused-ring (bicyclic) bond motifs is 1. The number of pyridine rings is 1. The van der Waals surface area contributed by atoms with Gasteiger partial charge in [0.25, 0.3) is 5.91 Å². The summed E-state index contributed by atoms with van der Waals surface area (Å²) in [4.78, 5) is 30.7. The number of carbonyl (C=O) groups is 2. The maximum absolute atomic E-state index is 12.4. The molecule has 134 valence electrons. The highest BCUT2D eigenvalue weighted by Crippen LogP contribution is 2.32. The monoisotopic (exact) mass is 350 g/mol. The molecule has 0 spiro atoms. The molecule has 4 rings (SSSR count). The van der Waals surface area contributed by atoms with E-state index in [1.807, 2.05) is 19.1 Å². The molecule has 0 unspecified atom stereocenters. The van der Waals surface area contributed by atoms with Gasteiger partial charge < -0.3 is 15.5 Å². The van der Waals surface area contributed by atoms with Crippen molar-refractivity contribution < 1.29 is 9.59 Å². The fourth-order valence-corrected chi connectivity index (χ4v) is 3.26. The Bertz CT molecular complexity index is 805. The van der Waals surface area contributed by atoms with Crippen LogP contribution in [0.5, 0.6) is 0 Å². The molecule has 1 aromatic heterocycles. The first-order chi connectivity index (χ1) is 12.6. The van der Waals surface area contributed by atoms with E-state index < -0.39 is 0 Å². The smallest absolute Gasteiger partial charge is 0.322 e. The number of benzene rings is 1. The molecule has 1 aliphatic carbocycles. The molecule has 1 aromatic carbocycles. The predicted molar refractivity (Wildman–Crippen MR) is 98.6 cm³/mol. The van der Waals surface area contributed by atoms with Crippen molar-refractivity contribution in [2.24, 2.45) is 5.92 Å². The molecule has 1 fully saturated rings. The fourth-order valence-electron chi connectivity index (χ4n) is 3.26. The van der Waals surface area contributed by atoms with E-state index in [-0.39, 0.29) is 18.0 Å². The zero-order chi connectivity index (χ0) is 18.1. The van der Waals surface area contributed by atoms with Crippen LogP contribution in [0.1, 0.15) is 41.4 Å². The van der Waals surface area contributed by atoms with Gasteiger partial charge in [0.2, 0.25) is 0 Å². The Kier molecular flexibility index (Phi) is 4.32. The van der Waals surface area contributed by atoms with Crippen LogP contribution in [0.3, 0.4) is 0 Å². The molecule has 1 atom stereocenters.